The topological polar surface area (TPSA) is 43.1 Å². The van der Waals surface area contributed by atoms with E-state index in [2.05, 4.69) is 0 Å². The molecule has 1 fully saturated rings. The molecule has 15 heavy (non-hydrogen) atoms. The summed E-state index contributed by atoms with van der Waals surface area (Å²) in [5.74, 6) is 0.562. The van der Waals surface area contributed by atoms with E-state index in [-0.39, 0.29) is 16.0 Å². The van der Waals surface area contributed by atoms with Gasteiger partial charge in [-0.05, 0) is 25.2 Å². The Hall–Kier alpha value is -1.09. The van der Waals surface area contributed by atoms with Crippen LogP contribution in [0.15, 0.2) is 24.3 Å². The second-order valence-corrected chi connectivity index (χ2v) is 4.50. The number of halogens is 1. The van der Waals surface area contributed by atoms with Crippen molar-refractivity contribution in [2.24, 2.45) is 5.92 Å². The first kappa shape index (κ1) is 10.4. The molecule has 1 unspecified atom stereocenters. The van der Waals surface area contributed by atoms with Gasteiger partial charge in [-0.3, -0.25) is 10.1 Å². The molecule has 0 spiro atoms. The van der Waals surface area contributed by atoms with Gasteiger partial charge in [-0.25, -0.2) is 0 Å². The van der Waals surface area contributed by atoms with E-state index >= 15 is 0 Å². The molecule has 0 radical (unpaired) electrons. The van der Waals surface area contributed by atoms with Crippen molar-refractivity contribution in [2.45, 2.75) is 24.6 Å². The van der Waals surface area contributed by atoms with Crippen molar-refractivity contribution < 1.29 is 4.92 Å². The number of hydrogen-bond acceptors (Lipinski definition) is 2. The van der Waals surface area contributed by atoms with Crippen molar-refractivity contribution in [3.05, 3.63) is 39.9 Å². The van der Waals surface area contributed by atoms with Crippen LogP contribution >= 0.6 is 11.6 Å². The minimum absolute atomic E-state index is 0.0473. The van der Waals surface area contributed by atoms with E-state index in [0.29, 0.717) is 12.3 Å². The molecule has 1 aromatic rings. The molecule has 3 nitrogen and oxygen atoms in total. The summed E-state index contributed by atoms with van der Waals surface area (Å²) in [6.45, 7) is 0. The molecule has 4 heteroatoms. The van der Waals surface area contributed by atoms with Gasteiger partial charge in [0.15, 0.2) is 0 Å². The first-order valence-electron chi connectivity index (χ1n) is 5.05. The number of nitro groups is 1. The van der Waals surface area contributed by atoms with E-state index < -0.39 is 0 Å². The van der Waals surface area contributed by atoms with Gasteiger partial charge in [-0.2, -0.15) is 0 Å². The van der Waals surface area contributed by atoms with Crippen LogP contribution in [0.2, 0.25) is 0 Å². The lowest BCUT2D eigenvalue weighted by Gasteiger charge is -2.07. The Labute approximate surface area is 93.2 Å². The summed E-state index contributed by atoms with van der Waals surface area (Å²) in [7, 11) is 0. The van der Waals surface area contributed by atoms with Gasteiger partial charge in [0.2, 0.25) is 0 Å². The summed E-state index contributed by atoms with van der Waals surface area (Å²) in [4.78, 5) is 10.4. The predicted molar refractivity (Wildman–Crippen MR) is 59.2 cm³/mol. The molecule has 0 saturated heterocycles. The third kappa shape index (κ3) is 2.48. The van der Waals surface area contributed by atoms with Crippen molar-refractivity contribution in [1.82, 2.24) is 0 Å². The van der Waals surface area contributed by atoms with Crippen molar-refractivity contribution in [3.8, 4) is 0 Å². The molecule has 0 heterocycles. The van der Waals surface area contributed by atoms with Gasteiger partial charge in [-0.1, -0.05) is 18.2 Å². The summed E-state index contributed by atoms with van der Waals surface area (Å²) in [5, 5.41) is 10.8. The largest absolute Gasteiger partial charge is 0.272 e. The van der Waals surface area contributed by atoms with Crippen molar-refractivity contribution in [3.63, 3.8) is 0 Å². The van der Waals surface area contributed by atoms with Crippen molar-refractivity contribution in [2.75, 3.05) is 0 Å². The van der Waals surface area contributed by atoms with Crippen LogP contribution < -0.4 is 0 Å². The highest BCUT2D eigenvalue weighted by atomic mass is 35.5. The Kier molecular flexibility index (Phi) is 2.91. The molecule has 0 amide bonds. The Morgan fingerprint density at radius 3 is 2.73 bits per heavy atom. The van der Waals surface area contributed by atoms with Crippen LogP contribution in [0.25, 0.3) is 0 Å². The molecule has 1 saturated carbocycles. The van der Waals surface area contributed by atoms with Gasteiger partial charge in [-0.15, -0.1) is 11.6 Å². The summed E-state index contributed by atoms with van der Waals surface area (Å²) >= 11 is 6.17. The van der Waals surface area contributed by atoms with Gasteiger partial charge < -0.3 is 0 Å². The van der Waals surface area contributed by atoms with Crippen LogP contribution in [0.5, 0.6) is 0 Å². The first-order valence-corrected chi connectivity index (χ1v) is 5.48. The average molecular weight is 226 g/mol. The molecular weight excluding hydrogens is 214 g/mol. The number of hydrogen-bond donors (Lipinski definition) is 0. The Balaban J connectivity index is 2.15. The molecule has 2 rings (SSSR count). The number of rotatable bonds is 4. The van der Waals surface area contributed by atoms with Gasteiger partial charge >= 0.3 is 0 Å². The quantitative estimate of drug-likeness (QED) is 0.449. The molecule has 0 aliphatic heterocycles. The minimum atomic E-state index is -0.341. The van der Waals surface area contributed by atoms with Gasteiger partial charge in [0.1, 0.15) is 0 Å². The standard InChI is InChI=1S/C11H12ClNO2/c12-10(8-5-6-8)7-9-3-1-2-4-11(9)13(14)15/h1-4,8,10H,5-7H2. The summed E-state index contributed by atoms with van der Waals surface area (Å²) in [6.07, 6.45) is 2.92. The molecule has 1 aromatic carbocycles. The van der Waals surface area contributed by atoms with Gasteiger partial charge in [0.05, 0.1) is 4.92 Å². The Morgan fingerprint density at radius 2 is 2.13 bits per heavy atom. The third-order valence-corrected chi connectivity index (χ3v) is 3.25. The molecule has 1 atom stereocenters. The lowest BCUT2D eigenvalue weighted by atomic mass is 10.1. The van der Waals surface area contributed by atoms with Crippen LogP contribution in [0.1, 0.15) is 18.4 Å². The van der Waals surface area contributed by atoms with Crippen LogP contribution in [-0.4, -0.2) is 10.3 Å². The fourth-order valence-corrected chi connectivity index (χ4v) is 2.11. The molecular formula is C11H12ClNO2. The van der Waals surface area contributed by atoms with E-state index in [1.807, 2.05) is 6.07 Å². The van der Waals surface area contributed by atoms with Gasteiger partial charge in [0, 0.05) is 17.0 Å². The molecule has 1 aliphatic rings. The molecule has 0 bridgehead atoms. The zero-order valence-corrected chi connectivity index (χ0v) is 8.98. The van der Waals surface area contributed by atoms with E-state index in [0.717, 1.165) is 18.4 Å². The van der Waals surface area contributed by atoms with E-state index in [9.17, 15) is 10.1 Å². The van der Waals surface area contributed by atoms with Crippen LogP contribution in [0, 0.1) is 16.0 Å². The van der Waals surface area contributed by atoms with Crippen LogP contribution in [0.3, 0.4) is 0 Å². The molecule has 1 aliphatic carbocycles. The molecule has 0 aromatic heterocycles. The Morgan fingerprint density at radius 1 is 1.47 bits per heavy atom. The maximum Gasteiger partial charge on any atom is 0.272 e. The van der Waals surface area contributed by atoms with Gasteiger partial charge in [0.25, 0.3) is 5.69 Å². The number of benzene rings is 1. The van der Waals surface area contributed by atoms with Crippen molar-refractivity contribution >= 4 is 17.3 Å². The predicted octanol–water partition coefficient (Wildman–Crippen LogP) is 3.15. The molecule has 80 valence electrons. The second-order valence-electron chi connectivity index (χ2n) is 3.94. The van der Waals surface area contributed by atoms with E-state index in [1.54, 1.807) is 12.1 Å². The SMILES string of the molecule is O=[N+]([O-])c1ccccc1CC(Cl)C1CC1. The van der Waals surface area contributed by atoms with E-state index in [1.165, 1.54) is 6.07 Å². The maximum atomic E-state index is 10.8. The summed E-state index contributed by atoms with van der Waals surface area (Å²) in [5.41, 5.74) is 0.929. The monoisotopic (exact) mass is 225 g/mol. The lowest BCUT2D eigenvalue weighted by Crippen LogP contribution is -2.07. The summed E-state index contributed by atoms with van der Waals surface area (Å²) in [6, 6.07) is 6.82. The van der Waals surface area contributed by atoms with Crippen LogP contribution in [0.4, 0.5) is 5.69 Å². The normalized spacial score (nSPS) is 17.4. The molecule has 0 N–H and O–H groups in total. The highest BCUT2D eigenvalue weighted by Gasteiger charge is 2.30. The highest BCUT2D eigenvalue weighted by Crippen LogP contribution is 2.38. The van der Waals surface area contributed by atoms with Crippen LogP contribution in [-0.2, 0) is 6.42 Å². The zero-order valence-electron chi connectivity index (χ0n) is 8.23. The lowest BCUT2D eigenvalue weighted by molar-refractivity contribution is -0.385. The smallest absolute Gasteiger partial charge is 0.258 e. The minimum Gasteiger partial charge on any atom is -0.258 e. The zero-order chi connectivity index (χ0) is 10.8. The fraction of sp³-hybridized carbons (Fsp3) is 0.455. The highest BCUT2D eigenvalue weighted by molar-refractivity contribution is 6.21. The number of alkyl halides is 1. The van der Waals surface area contributed by atoms with E-state index in [4.69, 9.17) is 11.6 Å². The first-order chi connectivity index (χ1) is 7.18. The Bertz CT molecular complexity index is 377. The maximum absolute atomic E-state index is 10.8. The third-order valence-electron chi connectivity index (χ3n) is 2.74. The second kappa shape index (κ2) is 4.19. The number of nitro benzene ring substituents is 1. The number of para-hydroxylation sites is 1. The fourth-order valence-electron chi connectivity index (χ4n) is 1.70. The number of nitrogens with zero attached hydrogens (tertiary/aromatic N) is 1. The average Bonchev–Trinajstić information content (AvgIpc) is 3.01. The van der Waals surface area contributed by atoms with Crippen molar-refractivity contribution in [1.29, 1.82) is 0 Å². The summed E-state index contributed by atoms with van der Waals surface area (Å²) < 4.78 is 0.